The van der Waals surface area contributed by atoms with Crippen molar-refractivity contribution in [3.8, 4) is 0 Å². The summed E-state index contributed by atoms with van der Waals surface area (Å²) in [6, 6.07) is 0. The second-order valence-electron chi connectivity index (χ2n) is 7.45. The molecule has 0 aromatic heterocycles. The van der Waals surface area contributed by atoms with Gasteiger partial charge in [-0.15, -0.1) is 0 Å². The predicted molar refractivity (Wildman–Crippen MR) is 142 cm³/mol. The molecule has 0 aliphatic carbocycles. The van der Waals surface area contributed by atoms with Crippen molar-refractivity contribution in [2.75, 3.05) is 26.2 Å². The van der Waals surface area contributed by atoms with Crippen molar-refractivity contribution in [2.24, 2.45) is 20.2 Å². The summed E-state index contributed by atoms with van der Waals surface area (Å²) in [4.78, 5) is 8.51. The third-order valence-electron chi connectivity index (χ3n) is 4.63. The second-order valence-corrected chi connectivity index (χ2v) is 7.45. The lowest BCUT2D eigenvalue weighted by Crippen LogP contribution is -2.30. The summed E-state index contributed by atoms with van der Waals surface area (Å²) in [6.07, 6.45) is 13.2. The maximum absolute atomic E-state index is 4.27. The van der Waals surface area contributed by atoms with Crippen LogP contribution in [0, 0.1) is 0 Å². The third-order valence-corrected chi connectivity index (χ3v) is 4.63. The van der Waals surface area contributed by atoms with Crippen LogP contribution in [-0.2, 0) is 0 Å². The highest BCUT2D eigenvalue weighted by molar-refractivity contribution is 5.87. The van der Waals surface area contributed by atoms with Crippen LogP contribution in [0.4, 0.5) is 0 Å². The number of hydrazone groups is 2. The molecule has 2 aliphatic rings. The Hall–Kier alpha value is -3.94. The molecule has 0 radical (unpaired) electrons. The van der Waals surface area contributed by atoms with Crippen LogP contribution in [0.2, 0.25) is 0 Å². The Bertz CT molecular complexity index is 999. The molecule has 2 heterocycles. The molecular weight excluding hydrogens is 412 g/mol. The lowest BCUT2D eigenvalue weighted by Gasteiger charge is -2.08. The van der Waals surface area contributed by atoms with Crippen LogP contribution < -0.4 is 21.5 Å². The van der Waals surface area contributed by atoms with E-state index in [1.54, 1.807) is 18.5 Å². The van der Waals surface area contributed by atoms with Crippen LogP contribution in [0.25, 0.3) is 0 Å². The lowest BCUT2D eigenvalue weighted by atomic mass is 9.98. The van der Waals surface area contributed by atoms with Crippen molar-refractivity contribution in [3.63, 3.8) is 0 Å². The van der Waals surface area contributed by atoms with Gasteiger partial charge < -0.3 is 10.6 Å². The van der Waals surface area contributed by atoms with E-state index in [4.69, 9.17) is 0 Å². The summed E-state index contributed by atoms with van der Waals surface area (Å²) in [7, 11) is 0. The van der Waals surface area contributed by atoms with Crippen molar-refractivity contribution in [1.29, 1.82) is 0 Å². The van der Waals surface area contributed by atoms with E-state index in [1.165, 1.54) is 0 Å². The number of nitrogens with zero attached hydrogens (tertiary/aromatic N) is 4. The molecule has 4 N–H and O–H groups in total. The number of allylic oxidation sites excluding steroid dienone is 11. The van der Waals surface area contributed by atoms with Crippen LogP contribution in [0.3, 0.4) is 0 Å². The molecule has 2 aliphatic heterocycles. The van der Waals surface area contributed by atoms with E-state index in [0.29, 0.717) is 11.9 Å². The molecule has 0 aromatic carbocycles. The van der Waals surface area contributed by atoms with Gasteiger partial charge in [0.2, 0.25) is 11.9 Å². The molecule has 0 spiro atoms. The van der Waals surface area contributed by atoms with Gasteiger partial charge in [0.25, 0.3) is 0 Å². The smallest absolute Gasteiger partial charge is 0.212 e. The maximum Gasteiger partial charge on any atom is 0.212 e. The van der Waals surface area contributed by atoms with Crippen molar-refractivity contribution in [1.82, 2.24) is 21.5 Å². The highest BCUT2D eigenvalue weighted by atomic mass is 15.4. The summed E-state index contributed by atoms with van der Waals surface area (Å²) in [6.45, 7) is 21.2. The van der Waals surface area contributed by atoms with Crippen LogP contribution >= 0.6 is 0 Å². The van der Waals surface area contributed by atoms with Crippen LogP contribution in [0.1, 0.15) is 20.8 Å². The number of aliphatic imine (C=N–C) groups is 2. The molecule has 0 aromatic rings. The zero-order valence-electron chi connectivity index (χ0n) is 19.8. The summed E-state index contributed by atoms with van der Waals surface area (Å²) < 4.78 is 0. The van der Waals surface area contributed by atoms with E-state index in [2.05, 4.69) is 61.4 Å². The van der Waals surface area contributed by atoms with Crippen molar-refractivity contribution in [2.45, 2.75) is 20.8 Å². The van der Waals surface area contributed by atoms with Gasteiger partial charge in [0.1, 0.15) is 0 Å². The number of guanidine groups is 2. The first kappa shape index (κ1) is 25.3. The first-order valence-electron chi connectivity index (χ1n) is 10.8. The minimum absolute atomic E-state index is 0.670. The monoisotopic (exact) mass is 446 g/mol. The fraction of sp³-hybridized carbons (Fsp3) is 0.280. The summed E-state index contributed by atoms with van der Waals surface area (Å²) in [5.74, 6) is 1.35. The van der Waals surface area contributed by atoms with Gasteiger partial charge in [-0.25, -0.2) is 20.8 Å². The van der Waals surface area contributed by atoms with E-state index >= 15 is 0 Å². The van der Waals surface area contributed by atoms with Gasteiger partial charge in [-0.3, -0.25) is 0 Å². The molecule has 0 saturated heterocycles. The third kappa shape index (κ3) is 8.98. The Balaban J connectivity index is 2.22. The minimum atomic E-state index is 0.670. The Morgan fingerprint density at radius 1 is 0.848 bits per heavy atom. The largest absolute Gasteiger partial charge is 0.353 e. The highest BCUT2D eigenvalue weighted by Crippen LogP contribution is 2.19. The quantitative estimate of drug-likeness (QED) is 0.235. The molecule has 8 nitrogen and oxygen atoms in total. The standard InChI is InChI=1S/C25H34N8/c1-7-20(16-30-32-24-26-9-10-27-24)13-22(18(3)4)15-23(19(5)6)14-21(8-2)17-31-33-25-28-11-12-29-25/h7-8,13-17H,1,3,5,9-12H2,2,4,6H3,(H2,26,27,32)(H2,28,29,33)/b20-13+,21-8+,22-15-,23-14-,30-16-,31-17-. The molecule has 33 heavy (non-hydrogen) atoms. The summed E-state index contributed by atoms with van der Waals surface area (Å²) >= 11 is 0. The lowest BCUT2D eigenvalue weighted by molar-refractivity contribution is 0.920. The van der Waals surface area contributed by atoms with E-state index in [1.807, 2.05) is 45.1 Å². The molecule has 0 bridgehead atoms. The number of hydrogen-bond acceptors (Lipinski definition) is 8. The molecular formula is C25H34N8. The van der Waals surface area contributed by atoms with E-state index in [0.717, 1.165) is 59.6 Å². The number of rotatable bonds is 10. The van der Waals surface area contributed by atoms with Gasteiger partial charge in [0, 0.05) is 13.1 Å². The van der Waals surface area contributed by atoms with Gasteiger partial charge in [0.15, 0.2) is 0 Å². The first-order valence-corrected chi connectivity index (χ1v) is 10.8. The van der Waals surface area contributed by atoms with Crippen LogP contribution in [0.5, 0.6) is 0 Å². The first-order chi connectivity index (χ1) is 15.9. The molecule has 0 unspecified atom stereocenters. The topological polar surface area (TPSA) is 97.6 Å². The van der Waals surface area contributed by atoms with E-state index < -0.39 is 0 Å². The molecule has 0 atom stereocenters. The molecule has 174 valence electrons. The Morgan fingerprint density at radius 3 is 1.79 bits per heavy atom. The van der Waals surface area contributed by atoms with Gasteiger partial charge in [-0.1, -0.05) is 43.0 Å². The average Bonchev–Trinajstić information content (AvgIpc) is 3.50. The van der Waals surface area contributed by atoms with Crippen LogP contribution in [-0.4, -0.2) is 50.5 Å². The SMILES string of the molecule is C=CC(/C=N\NC1=NCCN1)=C\C(=C\C(=C\C(\C=N/NC1=NCCN1)=C/C)C(=C)C)C(=C)C. The fourth-order valence-electron chi connectivity index (χ4n) is 2.73. The summed E-state index contributed by atoms with van der Waals surface area (Å²) in [5, 5.41) is 14.7. The Labute approximate surface area is 196 Å². The van der Waals surface area contributed by atoms with Gasteiger partial charge in [0.05, 0.1) is 25.5 Å². The van der Waals surface area contributed by atoms with Crippen molar-refractivity contribution >= 4 is 24.3 Å². The van der Waals surface area contributed by atoms with Crippen LogP contribution in [0.15, 0.2) is 104 Å². The number of hydrogen-bond donors (Lipinski definition) is 4. The van der Waals surface area contributed by atoms with Crippen molar-refractivity contribution < 1.29 is 0 Å². The molecule has 8 heteroatoms. The minimum Gasteiger partial charge on any atom is -0.353 e. The van der Waals surface area contributed by atoms with Gasteiger partial charge in [-0.2, -0.15) is 10.2 Å². The second kappa shape index (κ2) is 13.5. The highest BCUT2D eigenvalue weighted by Gasteiger charge is 2.04. The molecule has 0 saturated carbocycles. The van der Waals surface area contributed by atoms with E-state index in [9.17, 15) is 0 Å². The van der Waals surface area contributed by atoms with E-state index in [-0.39, 0.29) is 0 Å². The molecule has 0 fully saturated rings. The Morgan fingerprint density at radius 2 is 1.36 bits per heavy atom. The normalized spacial score (nSPS) is 17.5. The maximum atomic E-state index is 4.27. The molecule has 2 rings (SSSR count). The zero-order chi connectivity index (χ0) is 24.1. The van der Waals surface area contributed by atoms with Gasteiger partial charge >= 0.3 is 0 Å². The molecule has 0 amide bonds. The fourth-order valence-corrected chi connectivity index (χ4v) is 2.73. The summed E-state index contributed by atoms with van der Waals surface area (Å²) in [5.41, 5.74) is 11.3. The predicted octanol–water partition coefficient (Wildman–Crippen LogP) is 3.12. The number of nitrogens with one attached hydrogen (secondary N) is 4. The zero-order valence-corrected chi connectivity index (χ0v) is 19.8. The average molecular weight is 447 g/mol. The van der Waals surface area contributed by atoms with Gasteiger partial charge in [-0.05, 0) is 61.3 Å². The van der Waals surface area contributed by atoms with Crippen molar-refractivity contribution in [3.05, 3.63) is 83.6 Å². The Kier molecular flexibility index (Phi) is 10.3.